The normalized spacial score (nSPS) is 11.3. The molecular weight excluding hydrogens is 156 g/mol. The van der Waals surface area contributed by atoms with Gasteiger partial charge in [0.1, 0.15) is 0 Å². The van der Waals surface area contributed by atoms with Gasteiger partial charge in [-0.15, -0.1) is 0 Å². The van der Waals surface area contributed by atoms with Crippen LogP contribution >= 0.6 is 0 Å². The van der Waals surface area contributed by atoms with Gasteiger partial charge >= 0.3 is 0 Å². The second-order valence-corrected chi connectivity index (χ2v) is 2.47. The molecule has 0 amide bonds. The molecule has 12 heavy (non-hydrogen) atoms. The zero-order chi connectivity index (χ0) is 7.97. The number of hydrogen-bond acceptors (Lipinski definition) is 4. The first kappa shape index (κ1) is 5.70. The first-order chi connectivity index (χ1) is 5.95. The number of aromatic nitrogens is 4. The molecule has 0 fully saturated rings. The van der Waals surface area contributed by atoms with Crippen LogP contribution in [0.2, 0.25) is 0 Å². The summed E-state index contributed by atoms with van der Waals surface area (Å²) in [5.41, 5.74) is 2.16. The van der Waals surface area contributed by atoms with Gasteiger partial charge in [0.05, 0.1) is 11.7 Å². The number of nitrogens with zero attached hydrogens (tertiary/aromatic N) is 4. The first-order valence-electron chi connectivity index (χ1n) is 3.49. The molecule has 0 aliphatic carbocycles. The molecule has 0 saturated heterocycles. The van der Waals surface area contributed by atoms with E-state index in [4.69, 9.17) is 0 Å². The Labute approximate surface area is 66.6 Å². The van der Waals surface area contributed by atoms with E-state index in [9.17, 15) is 0 Å². The second kappa shape index (κ2) is 1.82. The predicted molar refractivity (Wildman–Crippen MR) is 40.6 cm³/mol. The summed E-state index contributed by atoms with van der Waals surface area (Å²) in [5.74, 6) is 0. The van der Waals surface area contributed by atoms with E-state index < -0.39 is 0 Å². The fraction of sp³-hybridized carbons (Fsp3) is 0. The average Bonchev–Trinajstić information content (AvgIpc) is 2.71. The van der Waals surface area contributed by atoms with E-state index >= 15 is 0 Å². The molecule has 3 heterocycles. The smallest absolute Gasteiger partial charge is 0.241 e. The van der Waals surface area contributed by atoms with Gasteiger partial charge in [-0.1, -0.05) is 0 Å². The van der Waals surface area contributed by atoms with Gasteiger partial charge in [-0.3, -0.25) is 4.40 Å². The van der Waals surface area contributed by atoms with Crippen LogP contribution in [0.1, 0.15) is 0 Å². The first-order valence-corrected chi connectivity index (χ1v) is 3.49. The molecule has 0 radical (unpaired) electrons. The summed E-state index contributed by atoms with van der Waals surface area (Å²) < 4.78 is 6.43. The standard InChI is InChI=1S/C7H4N4O/c1-2-5-4-8-6-7(10-12-9-6)11(5)3-1/h1-4H. The highest BCUT2D eigenvalue weighted by Crippen LogP contribution is 2.10. The highest BCUT2D eigenvalue weighted by Gasteiger charge is 2.04. The lowest BCUT2D eigenvalue weighted by Crippen LogP contribution is -1.87. The van der Waals surface area contributed by atoms with Crippen LogP contribution in [-0.2, 0) is 0 Å². The van der Waals surface area contributed by atoms with Crippen molar-refractivity contribution in [2.75, 3.05) is 0 Å². The predicted octanol–water partition coefficient (Wildman–Crippen LogP) is 0.870. The number of hydrogen-bond donors (Lipinski definition) is 0. The molecule has 5 nitrogen and oxygen atoms in total. The fourth-order valence-electron chi connectivity index (χ4n) is 1.23. The Kier molecular flexibility index (Phi) is 0.864. The zero-order valence-corrected chi connectivity index (χ0v) is 6.01. The third-order valence-electron chi connectivity index (χ3n) is 1.78. The van der Waals surface area contributed by atoms with Crippen LogP contribution in [-0.4, -0.2) is 19.7 Å². The lowest BCUT2D eigenvalue weighted by atomic mass is 10.5. The lowest BCUT2D eigenvalue weighted by molar-refractivity contribution is 0.314. The molecular formula is C7H4N4O. The monoisotopic (exact) mass is 160 g/mol. The van der Waals surface area contributed by atoms with Gasteiger partial charge in [0, 0.05) is 6.20 Å². The Morgan fingerprint density at radius 3 is 3.33 bits per heavy atom. The fourth-order valence-corrected chi connectivity index (χ4v) is 1.23. The van der Waals surface area contributed by atoms with E-state index in [1.807, 2.05) is 22.7 Å². The minimum Gasteiger partial charge on any atom is -0.294 e. The summed E-state index contributed by atoms with van der Waals surface area (Å²) in [7, 11) is 0. The summed E-state index contributed by atoms with van der Waals surface area (Å²) >= 11 is 0. The molecule has 0 unspecified atom stereocenters. The van der Waals surface area contributed by atoms with E-state index in [1.54, 1.807) is 6.20 Å². The van der Waals surface area contributed by atoms with Crippen LogP contribution < -0.4 is 0 Å². The van der Waals surface area contributed by atoms with Crippen LogP contribution in [0.3, 0.4) is 0 Å². The van der Waals surface area contributed by atoms with Gasteiger partial charge in [-0.05, 0) is 22.4 Å². The molecule has 0 bridgehead atoms. The Hall–Kier alpha value is -1.91. The summed E-state index contributed by atoms with van der Waals surface area (Å²) in [4.78, 5) is 4.05. The minimum absolute atomic E-state index is 0.527. The van der Waals surface area contributed by atoms with Crippen molar-refractivity contribution in [1.82, 2.24) is 19.7 Å². The number of fused-ring (bicyclic) bond motifs is 3. The average molecular weight is 160 g/mol. The maximum absolute atomic E-state index is 4.56. The van der Waals surface area contributed by atoms with E-state index in [0.29, 0.717) is 11.3 Å². The summed E-state index contributed by atoms with van der Waals surface area (Å²) in [5, 5.41) is 7.36. The molecule has 0 spiro atoms. The maximum Gasteiger partial charge on any atom is 0.241 e. The van der Waals surface area contributed by atoms with Crippen molar-refractivity contribution in [2.45, 2.75) is 0 Å². The summed E-state index contributed by atoms with van der Waals surface area (Å²) in [6.07, 6.45) is 3.62. The van der Waals surface area contributed by atoms with Gasteiger partial charge in [0.25, 0.3) is 0 Å². The minimum atomic E-state index is 0.527. The molecule has 5 heteroatoms. The van der Waals surface area contributed by atoms with Crippen LogP contribution in [0, 0.1) is 0 Å². The van der Waals surface area contributed by atoms with E-state index in [1.165, 1.54) is 0 Å². The van der Waals surface area contributed by atoms with Gasteiger partial charge in [-0.25, -0.2) is 9.61 Å². The lowest BCUT2D eigenvalue weighted by Gasteiger charge is -1.90. The number of rotatable bonds is 0. The van der Waals surface area contributed by atoms with Gasteiger partial charge in [0.15, 0.2) is 0 Å². The third-order valence-corrected chi connectivity index (χ3v) is 1.78. The molecule has 0 aliphatic heterocycles. The van der Waals surface area contributed by atoms with E-state index in [2.05, 4.69) is 19.9 Å². The third kappa shape index (κ3) is 0.554. The Morgan fingerprint density at radius 2 is 2.33 bits per heavy atom. The van der Waals surface area contributed by atoms with Crippen molar-refractivity contribution in [2.24, 2.45) is 0 Å². The molecule has 3 aromatic heterocycles. The molecule has 58 valence electrons. The van der Waals surface area contributed by atoms with Gasteiger partial charge in [0.2, 0.25) is 11.3 Å². The Balaban J connectivity index is 2.71. The van der Waals surface area contributed by atoms with Crippen molar-refractivity contribution in [3.8, 4) is 0 Å². The Bertz CT molecular complexity index is 489. The highest BCUT2D eigenvalue weighted by atomic mass is 16.6. The molecule has 0 N–H and O–H groups in total. The van der Waals surface area contributed by atoms with E-state index in [-0.39, 0.29) is 0 Å². The molecule has 0 aliphatic rings. The van der Waals surface area contributed by atoms with Crippen LogP contribution in [0.5, 0.6) is 0 Å². The van der Waals surface area contributed by atoms with Gasteiger partial charge < -0.3 is 0 Å². The highest BCUT2D eigenvalue weighted by molar-refractivity contribution is 5.69. The molecule has 0 aromatic carbocycles. The van der Waals surface area contributed by atoms with Gasteiger partial charge in [-0.2, -0.15) is 0 Å². The van der Waals surface area contributed by atoms with Crippen molar-refractivity contribution in [1.29, 1.82) is 0 Å². The molecule has 3 aromatic rings. The molecule has 3 rings (SSSR count). The quantitative estimate of drug-likeness (QED) is 0.489. The van der Waals surface area contributed by atoms with Crippen molar-refractivity contribution in [3.05, 3.63) is 24.5 Å². The van der Waals surface area contributed by atoms with Crippen molar-refractivity contribution < 1.29 is 4.63 Å². The SMILES string of the molecule is c1cc2cnc3nonc3n2c1. The molecule has 0 atom stereocenters. The van der Waals surface area contributed by atoms with Crippen molar-refractivity contribution in [3.63, 3.8) is 0 Å². The second-order valence-electron chi connectivity index (χ2n) is 2.47. The van der Waals surface area contributed by atoms with Crippen molar-refractivity contribution >= 4 is 16.8 Å². The molecule has 0 saturated carbocycles. The van der Waals surface area contributed by atoms with E-state index in [0.717, 1.165) is 5.52 Å². The summed E-state index contributed by atoms with van der Waals surface area (Å²) in [6, 6.07) is 3.87. The maximum atomic E-state index is 4.56. The van der Waals surface area contributed by atoms with Crippen LogP contribution in [0.15, 0.2) is 29.2 Å². The van der Waals surface area contributed by atoms with Crippen LogP contribution in [0.4, 0.5) is 0 Å². The Morgan fingerprint density at radius 1 is 1.33 bits per heavy atom. The zero-order valence-electron chi connectivity index (χ0n) is 6.01. The largest absolute Gasteiger partial charge is 0.294 e. The summed E-state index contributed by atoms with van der Waals surface area (Å²) in [6.45, 7) is 0. The van der Waals surface area contributed by atoms with Crippen LogP contribution in [0.25, 0.3) is 16.8 Å². The topological polar surface area (TPSA) is 56.2 Å².